The molecule has 0 aliphatic heterocycles. The van der Waals surface area contributed by atoms with Crippen molar-refractivity contribution in [3.63, 3.8) is 0 Å². The van der Waals surface area contributed by atoms with E-state index in [0.29, 0.717) is 5.92 Å². The summed E-state index contributed by atoms with van der Waals surface area (Å²) >= 11 is 0. The van der Waals surface area contributed by atoms with Crippen LogP contribution in [0, 0.1) is 17.3 Å². The fourth-order valence-electron chi connectivity index (χ4n) is 0.922. The minimum atomic E-state index is 0.0846. The highest BCUT2D eigenvalue weighted by atomic mass is 16.3. The first-order chi connectivity index (χ1) is 7.21. The highest BCUT2D eigenvalue weighted by Crippen LogP contribution is 2.21. The van der Waals surface area contributed by atoms with E-state index >= 15 is 0 Å². The molecule has 0 radical (unpaired) electrons. The van der Waals surface area contributed by atoms with E-state index in [9.17, 15) is 0 Å². The predicted octanol–water partition coefficient (Wildman–Crippen LogP) is 4.66. The summed E-state index contributed by atoms with van der Waals surface area (Å²) in [5.74, 6) is 1.47. The summed E-state index contributed by atoms with van der Waals surface area (Å²) in [6, 6.07) is 0. The Labute approximate surface area is 103 Å². The molecule has 0 aromatic rings. The van der Waals surface area contributed by atoms with Gasteiger partial charge < -0.3 is 5.11 Å². The summed E-state index contributed by atoms with van der Waals surface area (Å²) in [6.07, 6.45) is 6.56. The Morgan fingerprint density at radius 2 is 1.50 bits per heavy atom. The van der Waals surface area contributed by atoms with Gasteiger partial charge in [-0.3, -0.25) is 0 Å². The quantitative estimate of drug-likeness (QED) is 0.679. The van der Waals surface area contributed by atoms with Crippen LogP contribution in [0.3, 0.4) is 0 Å². The molecule has 0 fully saturated rings. The van der Waals surface area contributed by atoms with Crippen molar-refractivity contribution in [3.05, 3.63) is 12.2 Å². The van der Waals surface area contributed by atoms with E-state index in [4.69, 9.17) is 5.11 Å². The summed E-state index contributed by atoms with van der Waals surface area (Å²) in [4.78, 5) is 0. The molecule has 0 unspecified atom stereocenters. The van der Waals surface area contributed by atoms with Crippen LogP contribution in [0.2, 0.25) is 0 Å². The lowest BCUT2D eigenvalue weighted by Gasteiger charge is -2.20. The lowest BCUT2D eigenvalue weighted by atomic mass is 9.89. The summed E-state index contributed by atoms with van der Waals surface area (Å²) in [7, 11) is 0. The fraction of sp³-hybridized carbons (Fsp3) is 0.867. The smallest absolute Gasteiger partial charge is 0.0482 e. The second kappa shape index (κ2) is 9.89. The van der Waals surface area contributed by atoms with Crippen LogP contribution in [-0.4, -0.2) is 11.7 Å². The molecule has 0 saturated heterocycles. The minimum Gasteiger partial charge on any atom is -0.396 e. The topological polar surface area (TPSA) is 20.2 Å². The Morgan fingerprint density at radius 1 is 1.06 bits per heavy atom. The summed E-state index contributed by atoms with van der Waals surface area (Å²) in [6.45, 7) is 15.3. The van der Waals surface area contributed by atoms with Crippen LogP contribution in [0.5, 0.6) is 0 Å². The van der Waals surface area contributed by atoms with Crippen LogP contribution < -0.4 is 0 Å². The Balaban J connectivity index is 0. The molecule has 0 heterocycles. The molecule has 0 bridgehead atoms. The SMILES string of the molecule is CC(C)/C=C/CCC(C)(C)CO.CC(C)C. The van der Waals surface area contributed by atoms with Gasteiger partial charge in [-0.25, -0.2) is 0 Å². The zero-order chi connectivity index (χ0) is 13.2. The number of rotatable bonds is 5. The molecule has 0 amide bonds. The molecular weight excluding hydrogens is 196 g/mol. The molecule has 0 aromatic carbocycles. The van der Waals surface area contributed by atoms with Crippen LogP contribution in [0.4, 0.5) is 0 Å². The van der Waals surface area contributed by atoms with Crippen molar-refractivity contribution in [1.82, 2.24) is 0 Å². The number of aliphatic hydroxyl groups excluding tert-OH is 1. The average Bonchev–Trinajstić information content (AvgIpc) is 2.11. The molecule has 0 atom stereocenters. The van der Waals surface area contributed by atoms with Crippen molar-refractivity contribution >= 4 is 0 Å². The van der Waals surface area contributed by atoms with Gasteiger partial charge in [-0.1, -0.05) is 60.6 Å². The van der Waals surface area contributed by atoms with Gasteiger partial charge in [0, 0.05) is 6.61 Å². The van der Waals surface area contributed by atoms with Crippen LogP contribution in [-0.2, 0) is 0 Å². The predicted molar refractivity (Wildman–Crippen MR) is 74.6 cm³/mol. The second-order valence-corrected chi connectivity index (χ2v) is 6.27. The van der Waals surface area contributed by atoms with Crippen LogP contribution in [0.15, 0.2) is 12.2 Å². The summed E-state index contributed by atoms with van der Waals surface area (Å²) in [5.41, 5.74) is 0.0846. The van der Waals surface area contributed by atoms with Gasteiger partial charge in [0.25, 0.3) is 0 Å². The van der Waals surface area contributed by atoms with Gasteiger partial charge in [-0.05, 0) is 30.1 Å². The number of aliphatic hydroxyl groups is 1. The van der Waals surface area contributed by atoms with Crippen molar-refractivity contribution in [2.45, 2.75) is 61.3 Å². The first kappa shape index (κ1) is 18.1. The Kier molecular flexibility index (Phi) is 11.2. The molecule has 0 saturated carbocycles. The van der Waals surface area contributed by atoms with Crippen LogP contribution >= 0.6 is 0 Å². The number of hydrogen-bond donors (Lipinski definition) is 1. The molecule has 0 aliphatic rings. The van der Waals surface area contributed by atoms with Crippen molar-refractivity contribution in [3.8, 4) is 0 Å². The highest BCUT2D eigenvalue weighted by Gasteiger charge is 2.14. The normalized spacial score (nSPS) is 12.1. The molecule has 0 rings (SSSR count). The molecular formula is C15H32O. The van der Waals surface area contributed by atoms with E-state index in [2.05, 4.69) is 60.6 Å². The van der Waals surface area contributed by atoms with Gasteiger partial charge in [0.2, 0.25) is 0 Å². The van der Waals surface area contributed by atoms with E-state index in [-0.39, 0.29) is 12.0 Å². The molecule has 0 spiro atoms. The monoisotopic (exact) mass is 228 g/mol. The molecule has 1 heteroatoms. The summed E-state index contributed by atoms with van der Waals surface area (Å²) in [5, 5.41) is 8.98. The van der Waals surface area contributed by atoms with Gasteiger partial charge >= 0.3 is 0 Å². The number of hydrogen-bond acceptors (Lipinski definition) is 1. The maximum absolute atomic E-state index is 8.98. The van der Waals surface area contributed by atoms with E-state index in [1.807, 2.05) is 0 Å². The average molecular weight is 228 g/mol. The zero-order valence-corrected chi connectivity index (χ0v) is 12.4. The fourth-order valence-corrected chi connectivity index (χ4v) is 0.922. The minimum absolute atomic E-state index is 0.0846. The third-order valence-corrected chi connectivity index (χ3v) is 1.94. The first-order valence-electron chi connectivity index (χ1n) is 6.49. The molecule has 0 aliphatic carbocycles. The second-order valence-electron chi connectivity index (χ2n) is 6.27. The van der Waals surface area contributed by atoms with Gasteiger partial charge in [0.05, 0.1) is 0 Å². The van der Waals surface area contributed by atoms with Crippen LogP contribution in [0.1, 0.15) is 61.3 Å². The maximum Gasteiger partial charge on any atom is 0.0482 e. The van der Waals surface area contributed by atoms with E-state index < -0.39 is 0 Å². The largest absolute Gasteiger partial charge is 0.396 e. The lowest BCUT2D eigenvalue weighted by molar-refractivity contribution is 0.151. The van der Waals surface area contributed by atoms with E-state index in [1.54, 1.807) is 0 Å². The Bertz CT molecular complexity index is 164. The highest BCUT2D eigenvalue weighted by molar-refractivity contribution is 4.85. The van der Waals surface area contributed by atoms with Gasteiger partial charge in [-0.2, -0.15) is 0 Å². The first-order valence-corrected chi connectivity index (χ1v) is 6.49. The number of allylic oxidation sites excluding steroid dienone is 2. The Hall–Kier alpha value is -0.300. The molecule has 16 heavy (non-hydrogen) atoms. The van der Waals surface area contributed by atoms with Crippen molar-refractivity contribution in [1.29, 1.82) is 0 Å². The van der Waals surface area contributed by atoms with Gasteiger partial charge in [-0.15, -0.1) is 0 Å². The standard InChI is InChI=1S/C11H22O.C4H10/c1-10(2)7-5-6-8-11(3,4)9-12;1-4(2)3/h5,7,10,12H,6,8-9H2,1-4H3;4H,1-3H3/b7-5+;. The zero-order valence-electron chi connectivity index (χ0n) is 12.4. The van der Waals surface area contributed by atoms with Crippen molar-refractivity contribution in [2.24, 2.45) is 17.3 Å². The third kappa shape index (κ3) is 19.3. The van der Waals surface area contributed by atoms with Gasteiger partial charge in [0.1, 0.15) is 0 Å². The maximum atomic E-state index is 8.98. The lowest BCUT2D eigenvalue weighted by Crippen LogP contribution is -2.15. The Morgan fingerprint density at radius 3 is 1.81 bits per heavy atom. The van der Waals surface area contributed by atoms with Gasteiger partial charge in [0.15, 0.2) is 0 Å². The van der Waals surface area contributed by atoms with E-state index in [1.165, 1.54) is 0 Å². The molecule has 98 valence electrons. The van der Waals surface area contributed by atoms with Crippen molar-refractivity contribution < 1.29 is 5.11 Å². The van der Waals surface area contributed by atoms with E-state index in [0.717, 1.165) is 18.8 Å². The molecule has 1 N–H and O–H groups in total. The summed E-state index contributed by atoms with van der Waals surface area (Å²) < 4.78 is 0. The third-order valence-electron chi connectivity index (χ3n) is 1.94. The molecule has 1 nitrogen and oxygen atoms in total. The molecule has 0 aromatic heterocycles. The van der Waals surface area contributed by atoms with Crippen LogP contribution in [0.25, 0.3) is 0 Å². The van der Waals surface area contributed by atoms with Crippen molar-refractivity contribution in [2.75, 3.05) is 6.61 Å².